The first kappa shape index (κ1) is 21.7. The smallest absolute Gasteiger partial charge is 0.242 e. The average Bonchev–Trinajstić information content (AvgIpc) is 2.64. The number of halogens is 1. The van der Waals surface area contributed by atoms with E-state index in [4.69, 9.17) is 5.73 Å². The Bertz CT molecular complexity index is 655. The van der Waals surface area contributed by atoms with Crippen molar-refractivity contribution in [1.82, 2.24) is 9.80 Å². The molecule has 0 radical (unpaired) electrons. The molecular formula is C21H32ClN3O2. The van der Waals surface area contributed by atoms with Crippen LogP contribution < -0.4 is 5.73 Å². The molecule has 2 saturated heterocycles. The molecule has 0 aromatic heterocycles. The lowest BCUT2D eigenvalue weighted by atomic mass is 9.72. The molecule has 2 fully saturated rings. The van der Waals surface area contributed by atoms with Crippen LogP contribution in [-0.2, 0) is 16.0 Å². The van der Waals surface area contributed by atoms with Crippen molar-refractivity contribution in [1.29, 1.82) is 0 Å². The maximum Gasteiger partial charge on any atom is 0.242 e. The Morgan fingerprint density at radius 2 is 1.81 bits per heavy atom. The number of carbonyl (C=O) groups is 2. The molecule has 150 valence electrons. The molecule has 2 N–H and O–H groups in total. The molecule has 2 aliphatic heterocycles. The van der Waals surface area contributed by atoms with Gasteiger partial charge in [-0.05, 0) is 50.5 Å². The molecule has 0 bridgehead atoms. The fourth-order valence-electron chi connectivity index (χ4n) is 4.44. The number of benzene rings is 1. The Labute approximate surface area is 168 Å². The van der Waals surface area contributed by atoms with E-state index in [0.717, 1.165) is 51.0 Å². The first-order valence-electron chi connectivity index (χ1n) is 9.75. The van der Waals surface area contributed by atoms with Crippen molar-refractivity contribution in [3.05, 3.63) is 35.9 Å². The normalized spacial score (nSPS) is 21.5. The van der Waals surface area contributed by atoms with Gasteiger partial charge in [-0.1, -0.05) is 30.3 Å². The van der Waals surface area contributed by atoms with Crippen LogP contribution in [0.15, 0.2) is 30.3 Å². The monoisotopic (exact) mass is 393 g/mol. The third kappa shape index (κ3) is 4.82. The van der Waals surface area contributed by atoms with E-state index in [-0.39, 0.29) is 29.6 Å². The molecule has 2 amide bonds. The highest BCUT2D eigenvalue weighted by Crippen LogP contribution is 2.40. The lowest BCUT2D eigenvalue weighted by Gasteiger charge is -2.48. The van der Waals surface area contributed by atoms with Crippen LogP contribution in [0.2, 0.25) is 0 Å². The van der Waals surface area contributed by atoms with Gasteiger partial charge in [0.25, 0.3) is 0 Å². The Kier molecular flexibility index (Phi) is 6.92. The summed E-state index contributed by atoms with van der Waals surface area (Å²) in [6, 6.07) is 9.95. The summed E-state index contributed by atoms with van der Waals surface area (Å²) in [6.07, 6.45) is 4.07. The number of likely N-dealkylation sites (tertiary alicyclic amines) is 2. The quantitative estimate of drug-likeness (QED) is 0.855. The maximum atomic E-state index is 13.0. The SMILES string of the molecule is CCN1CC2(CCC1=O)CCN(C(=O)C(C)(N)Cc1ccccc1)CC2.Cl. The number of carbonyl (C=O) groups excluding carboxylic acids is 2. The van der Waals surface area contributed by atoms with Crippen molar-refractivity contribution in [2.45, 2.75) is 51.5 Å². The Balaban J connectivity index is 0.00000261. The second-order valence-corrected chi connectivity index (χ2v) is 8.28. The van der Waals surface area contributed by atoms with Crippen LogP contribution >= 0.6 is 12.4 Å². The first-order chi connectivity index (χ1) is 12.4. The Morgan fingerprint density at radius 3 is 2.41 bits per heavy atom. The maximum absolute atomic E-state index is 13.0. The molecule has 1 aromatic rings. The zero-order valence-corrected chi connectivity index (χ0v) is 17.3. The molecule has 0 saturated carbocycles. The van der Waals surface area contributed by atoms with Crippen molar-refractivity contribution in [2.24, 2.45) is 11.1 Å². The molecule has 1 unspecified atom stereocenters. The van der Waals surface area contributed by atoms with Crippen LogP contribution in [0, 0.1) is 5.41 Å². The predicted molar refractivity (Wildman–Crippen MR) is 110 cm³/mol. The molecule has 2 heterocycles. The van der Waals surface area contributed by atoms with E-state index < -0.39 is 5.54 Å². The number of hydrogen-bond acceptors (Lipinski definition) is 3. The van der Waals surface area contributed by atoms with Crippen LogP contribution in [-0.4, -0.2) is 53.3 Å². The van der Waals surface area contributed by atoms with Crippen LogP contribution in [0.5, 0.6) is 0 Å². The second kappa shape index (κ2) is 8.61. The molecule has 27 heavy (non-hydrogen) atoms. The molecule has 2 aliphatic rings. The zero-order chi connectivity index (χ0) is 18.8. The highest BCUT2D eigenvalue weighted by Gasteiger charge is 2.43. The van der Waals surface area contributed by atoms with Gasteiger partial charge in [0.1, 0.15) is 0 Å². The lowest BCUT2D eigenvalue weighted by molar-refractivity contribution is -0.144. The van der Waals surface area contributed by atoms with Gasteiger partial charge in [-0.2, -0.15) is 0 Å². The van der Waals surface area contributed by atoms with Crippen molar-refractivity contribution >= 4 is 24.2 Å². The van der Waals surface area contributed by atoms with E-state index in [2.05, 4.69) is 0 Å². The minimum absolute atomic E-state index is 0. The average molecular weight is 394 g/mol. The van der Waals surface area contributed by atoms with Crippen molar-refractivity contribution in [3.63, 3.8) is 0 Å². The fraction of sp³-hybridized carbons (Fsp3) is 0.619. The van der Waals surface area contributed by atoms with E-state index in [9.17, 15) is 9.59 Å². The second-order valence-electron chi connectivity index (χ2n) is 8.28. The molecule has 6 heteroatoms. The molecule has 1 spiro atoms. The first-order valence-corrected chi connectivity index (χ1v) is 9.75. The standard InChI is InChI=1S/C21H31N3O2.ClH/c1-3-23-16-21(10-9-18(23)25)11-13-24(14-12-21)19(26)20(2,22)15-17-7-5-4-6-8-17;/h4-8H,3,9-16,22H2,1-2H3;1H. The molecular weight excluding hydrogens is 362 g/mol. The van der Waals surface area contributed by atoms with Gasteiger partial charge < -0.3 is 15.5 Å². The van der Waals surface area contributed by atoms with Crippen molar-refractivity contribution in [3.8, 4) is 0 Å². The van der Waals surface area contributed by atoms with E-state index in [1.807, 2.05) is 54.0 Å². The van der Waals surface area contributed by atoms with Crippen LogP contribution in [0.3, 0.4) is 0 Å². The minimum atomic E-state index is -0.885. The highest BCUT2D eigenvalue weighted by molar-refractivity contribution is 5.86. The summed E-state index contributed by atoms with van der Waals surface area (Å²) < 4.78 is 0. The fourth-order valence-corrected chi connectivity index (χ4v) is 4.44. The number of amides is 2. The van der Waals surface area contributed by atoms with E-state index in [0.29, 0.717) is 12.8 Å². The Morgan fingerprint density at radius 1 is 1.19 bits per heavy atom. The number of rotatable bonds is 4. The summed E-state index contributed by atoms with van der Waals surface area (Å²) in [6.45, 7) is 6.98. The summed E-state index contributed by atoms with van der Waals surface area (Å²) in [4.78, 5) is 28.9. The van der Waals surface area contributed by atoms with Gasteiger partial charge in [-0.15, -0.1) is 12.4 Å². The van der Waals surface area contributed by atoms with Crippen molar-refractivity contribution in [2.75, 3.05) is 26.2 Å². The molecule has 5 nitrogen and oxygen atoms in total. The van der Waals surface area contributed by atoms with Crippen LogP contribution in [0.25, 0.3) is 0 Å². The third-order valence-corrected chi connectivity index (χ3v) is 6.14. The summed E-state index contributed by atoms with van der Waals surface area (Å²) in [5.41, 5.74) is 6.80. The van der Waals surface area contributed by atoms with Crippen molar-refractivity contribution < 1.29 is 9.59 Å². The van der Waals surface area contributed by atoms with E-state index >= 15 is 0 Å². The third-order valence-electron chi connectivity index (χ3n) is 6.14. The molecule has 1 aromatic carbocycles. The predicted octanol–water partition coefficient (Wildman–Crippen LogP) is 2.62. The molecule has 0 aliphatic carbocycles. The van der Waals surface area contributed by atoms with Gasteiger partial charge >= 0.3 is 0 Å². The van der Waals surface area contributed by atoms with Crippen LogP contribution in [0.1, 0.15) is 45.1 Å². The minimum Gasteiger partial charge on any atom is -0.342 e. The van der Waals surface area contributed by atoms with E-state index in [1.54, 1.807) is 0 Å². The summed E-state index contributed by atoms with van der Waals surface area (Å²) >= 11 is 0. The zero-order valence-electron chi connectivity index (χ0n) is 16.4. The van der Waals surface area contributed by atoms with Crippen LogP contribution in [0.4, 0.5) is 0 Å². The van der Waals surface area contributed by atoms with Gasteiger partial charge in [0.05, 0.1) is 5.54 Å². The van der Waals surface area contributed by atoms with Gasteiger partial charge in [0.2, 0.25) is 11.8 Å². The van der Waals surface area contributed by atoms with Gasteiger partial charge in [-0.25, -0.2) is 0 Å². The van der Waals surface area contributed by atoms with Gasteiger partial charge in [0.15, 0.2) is 0 Å². The number of piperidine rings is 2. The summed E-state index contributed by atoms with van der Waals surface area (Å²) in [7, 11) is 0. The number of hydrogen-bond donors (Lipinski definition) is 1. The van der Waals surface area contributed by atoms with E-state index in [1.165, 1.54) is 0 Å². The summed E-state index contributed by atoms with van der Waals surface area (Å²) in [5.74, 6) is 0.310. The number of nitrogens with two attached hydrogens (primary N) is 1. The number of nitrogens with zero attached hydrogens (tertiary/aromatic N) is 2. The van der Waals surface area contributed by atoms with Gasteiger partial charge in [-0.3, -0.25) is 9.59 Å². The van der Waals surface area contributed by atoms with Gasteiger partial charge in [0, 0.05) is 32.6 Å². The largest absolute Gasteiger partial charge is 0.342 e. The molecule has 1 atom stereocenters. The Hall–Kier alpha value is -1.59. The lowest BCUT2D eigenvalue weighted by Crippen LogP contribution is -2.58. The topological polar surface area (TPSA) is 66.6 Å². The molecule has 3 rings (SSSR count). The summed E-state index contributed by atoms with van der Waals surface area (Å²) in [5, 5.41) is 0. The highest BCUT2D eigenvalue weighted by atomic mass is 35.5.